The molecule has 0 atom stereocenters. The Balaban J connectivity index is 1.47. The average Bonchev–Trinajstić information content (AvgIpc) is 3.12. The lowest BCUT2D eigenvalue weighted by Crippen LogP contribution is -2.36. The van der Waals surface area contributed by atoms with E-state index in [1.54, 1.807) is 4.90 Å². The highest BCUT2D eigenvalue weighted by atomic mass is 16.7. The Hall–Kier alpha value is -3.28. The number of ether oxygens (including phenoxy) is 3. The SMILES string of the molecule is Cc1ccc(C)c2nc3c(cc12)CN(Cc1ccc2c(c1)OCO2)C(=O)O3. The molecule has 0 fully saturated rings. The van der Waals surface area contributed by atoms with Gasteiger partial charge >= 0.3 is 6.09 Å². The minimum absolute atomic E-state index is 0.232. The molecule has 3 aromatic rings. The number of hydrogen-bond acceptors (Lipinski definition) is 5. The molecule has 27 heavy (non-hydrogen) atoms. The van der Waals surface area contributed by atoms with Gasteiger partial charge in [0.05, 0.1) is 12.1 Å². The Morgan fingerprint density at radius 1 is 1.04 bits per heavy atom. The molecule has 0 spiro atoms. The summed E-state index contributed by atoms with van der Waals surface area (Å²) in [6.45, 7) is 5.20. The Morgan fingerprint density at radius 2 is 1.85 bits per heavy atom. The molecule has 0 N–H and O–H groups in total. The first kappa shape index (κ1) is 15.9. The topological polar surface area (TPSA) is 60.9 Å². The number of carbonyl (C=O) groups is 1. The van der Waals surface area contributed by atoms with Crippen molar-refractivity contribution >= 4 is 17.0 Å². The van der Waals surface area contributed by atoms with Gasteiger partial charge in [0.2, 0.25) is 12.7 Å². The lowest BCUT2D eigenvalue weighted by Gasteiger charge is -2.28. The van der Waals surface area contributed by atoms with Crippen LogP contribution in [0.25, 0.3) is 10.9 Å². The van der Waals surface area contributed by atoms with Crippen LogP contribution in [-0.4, -0.2) is 22.8 Å². The molecule has 3 heterocycles. The molecule has 5 rings (SSSR count). The molecule has 136 valence electrons. The van der Waals surface area contributed by atoms with Gasteiger partial charge in [0.25, 0.3) is 0 Å². The number of aryl methyl sites for hydroxylation is 2. The van der Waals surface area contributed by atoms with Gasteiger partial charge in [-0.15, -0.1) is 0 Å². The number of carbonyl (C=O) groups excluding carboxylic acids is 1. The first-order chi connectivity index (χ1) is 13.1. The van der Waals surface area contributed by atoms with Crippen LogP contribution in [0.5, 0.6) is 17.4 Å². The number of pyridine rings is 1. The van der Waals surface area contributed by atoms with E-state index in [9.17, 15) is 4.79 Å². The van der Waals surface area contributed by atoms with Crippen molar-refractivity contribution in [3.8, 4) is 17.4 Å². The summed E-state index contributed by atoms with van der Waals surface area (Å²) in [7, 11) is 0. The molecule has 0 aliphatic carbocycles. The second-order valence-corrected chi connectivity index (χ2v) is 6.96. The molecule has 0 bridgehead atoms. The third-order valence-corrected chi connectivity index (χ3v) is 5.06. The van der Waals surface area contributed by atoms with Crippen molar-refractivity contribution in [2.24, 2.45) is 0 Å². The maximum atomic E-state index is 12.5. The molecule has 0 saturated carbocycles. The third-order valence-electron chi connectivity index (χ3n) is 5.06. The standard InChI is InChI=1S/C21H18N2O4/c1-12-3-4-13(2)19-16(12)8-15-10-23(21(24)27-20(15)22-19)9-14-5-6-17-18(7-14)26-11-25-17/h3-8H,9-11H2,1-2H3. The molecule has 2 aliphatic rings. The lowest BCUT2D eigenvalue weighted by atomic mass is 10.0. The van der Waals surface area contributed by atoms with Crippen LogP contribution in [0, 0.1) is 13.8 Å². The third kappa shape index (κ3) is 2.65. The quantitative estimate of drug-likeness (QED) is 0.687. The molecular weight excluding hydrogens is 344 g/mol. The van der Waals surface area contributed by atoms with E-state index < -0.39 is 6.09 Å². The molecule has 2 aromatic carbocycles. The normalized spacial score (nSPS) is 15.0. The number of hydrogen-bond donors (Lipinski definition) is 0. The molecule has 0 unspecified atom stereocenters. The van der Waals surface area contributed by atoms with Crippen molar-refractivity contribution in [2.75, 3.05) is 6.79 Å². The number of aromatic nitrogens is 1. The molecule has 6 nitrogen and oxygen atoms in total. The van der Waals surface area contributed by atoms with Gasteiger partial charge in [0.15, 0.2) is 11.5 Å². The van der Waals surface area contributed by atoms with Crippen LogP contribution in [0.4, 0.5) is 4.79 Å². The first-order valence-corrected chi connectivity index (χ1v) is 8.83. The lowest BCUT2D eigenvalue weighted by molar-refractivity contribution is 0.133. The van der Waals surface area contributed by atoms with Gasteiger partial charge in [-0.25, -0.2) is 9.78 Å². The Bertz CT molecular complexity index is 1090. The number of benzene rings is 2. The highest BCUT2D eigenvalue weighted by Gasteiger charge is 2.27. The van der Waals surface area contributed by atoms with Crippen LogP contribution in [0.1, 0.15) is 22.3 Å². The van der Waals surface area contributed by atoms with Crippen LogP contribution in [0.3, 0.4) is 0 Å². The maximum Gasteiger partial charge on any atom is 0.417 e. The molecule has 0 radical (unpaired) electrons. The van der Waals surface area contributed by atoms with E-state index in [1.807, 2.05) is 31.2 Å². The predicted molar refractivity (Wildman–Crippen MR) is 99.1 cm³/mol. The smallest absolute Gasteiger partial charge is 0.417 e. The molecular formula is C21H18N2O4. The highest BCUT2D eigenvalue weighted by Crippen LogP contribution is 2.34. The van der Waals surface area contributed by atoms with E-state index in [0.717, 1.165) is 38.9 Å². The van der Waals surface area contributed by atoms with Crippen LogP contribution in [0.15, 0.2) is 36.4 Å². The largest absolute Gasteiger partial charge is 0.454 e. The molecule has 0 saturated heterocycles. The van der Waals surface area contributed by atoms with Gasteiger partial charge < -0.3 is 14.2 Å². The second kappa shape index (κ2) is 5.87. The molecule has 1 aromatic heterocycles. The summed E-state index contributed by atoms with van der Waals surface area (Å²) in [5, 5.41) is 1.09. The fraction of sp³-hybridized carbons (Fsp3) is 0.238. The van der Waals surface area contributed by atoms with Crippen LogP contribution >= 0.6 is 0 Å². The summed E-state index contributed by atoms with van der Waals surface area (Å²) in [4.78, 5) is 18.8. The summed E-state index contributed by atoms with van der Waals surface area (Å²) < 4.78 is 16.3. The Labute approximate surface area is 156 Å². The van der Waals surface area contributed by atoms with Crippen molar-refractivity contribution in [1.82, 2.24) is 9.88 Å². The monoisotopic (exact) mass is 362 g/mol. The van der Waals surface area contributed by atoms with Gasteiger partial charge in [0, 0.05) is 17.5 Å². The molecule has 6 heteroatoms. The van der Waals surface area contributed by atoms with E-state index in [2.05, 4.69) is 24.0 Å². The first-order valence-electron chi connectivity index (χ1n) is 8.83. The van der Waals surface area contributed by atoms with Gasteiger partial charge in [-0.05, 0) is 48.7 Å². The molecule has 2 aliphatic heterocycles. The van der Waals surface area contributed by atoms with Crippen molar-refractivity contribution in [3.05, 3.63) is 58.7 Å². The summed E-state index contributed by atoms with van der Waals surface area (Å²) in [5.74, 6) is 1.84. The van der Waals surface area contributed by atoms with E-state index >= 15 is 0 Å². The van der Waals surface area contributed by atoms with Crippen molar-refractivity contribution < 1.29 is 19.0 Å². The minimum Gasteiger partial charge on any atom is -0.454 e. The zero-order valence-electron chi connectivity index (χ0n) is 15.1. The van der Waals surface area contributed by atoms with Crippen LogP contribution in [-0.2, 0) is 13.1 Å². The van der Waals surface area contributed by atoms with Gasteiger partial charge in [-0.1, -0.05) is 18.2 Å². The van der Waals surface area contributed by atoms with Gasteiger partial charge in [-0.2, -0.15) is 0 Å². The fourth-order valence-electron chi connectivity index (χ4n) is 3.56. The van der Waals surface area contributed by atoms with Crippen LogP contribution < -0.4 is 14.2 Å². The Morgan fingerprint density at radius 3 is 2.74 bits per heavy atom. The number of rotatable bonds is 2. The van der Waals surface area contributed by atoms with Crippen molar-refractivity contribution in [3.63, 3.8) is 0 Å². The zero-order chi connectivity index (χ0) is 18.5. The van der Waals surface area contributed by atoms with Crippen LogP contribution in [0.2, 0.25) is 0 Å². The number of amides is 1. The van der Waals surface area contributed by atoms with E-state index in [-0.39, 0.29) is 6.79 Å². The number of fused-ring (bicyclic) bond motifs is 3. The zero-order valence-corrected chi connectivity index (χ0v) is 15.1. The Kier molecular flexibility index (Phi) is 3.47. The van der Waals surface area contributed by atoms with E-state index in [0.29, 0.717) is 24.7 Å². The summed E-state index contributed by atoms with van der Waals surface area (Å²) in [6.07, 6.45) is -0.391. The highest BCUT2D eigenvalue weighted by molar-refractivity contribution is 5.87. The predicted octanol–water partition coefficient (Wildman–Crippen LogP) is 4.09. The fourth-order valence-corrected chi connectivity index (χ4v) is 3.56. The summed E-state index contributed by atoms with van der Waals surface area (Å²) in [5.41, 5.74) is 4.98. The minimum atomic E-state index is -0.391. The van der Waals surface area contributed by atoms with Gasteiger partial charge in [-0.3, -0.25) is 4.90 Å². The van der Waals surface area contributed by atoms with Crippen molar-refractivity contribution in [2.45, 2.75) is 26.9 Å². The number of nitrogens with zero attached hydrogens (tertiary/aromatic N) is 2. The van der Waals surface area contributed by atoms with E-state index in [4.69, 9.17) is 14.2 Å². The summed E-state index contributed by atoms with van der Waals surface area (Å²) >= 11 is 0. The van der Waals surface area contributed by atoms with Crippen molar-refractivity contribution in [1.29, 1.82) is 0 Å². The average molecular weight is 362 g/mol. The second-order valence-electron chi connectivity index (χ2n) is 6.96. The molecule has 1 amide bonds. The maximum absolute atomic E-state index is 12.5. The summed E-state index contributed by atoms with van der Waals surface area (Å²) in [6, 6.07) is 11.9. The van der Waals surface area contributed by atoms with Gasteiger partial charge in [0.1, 0.15) is 0 Å². The van der Waals surface area contributed by atoms with E-state index in [1.165, 1.54) is 0 Å².